The van der Waals surface area contributed by atoms with Gasteiger partial charge in [0, 0.05) is 36.7 Å². The molecule has 3 aliphatic rings. The second-order valence-corrected chi connectivity index (χ2v) is 11.7. The largest absolute Gasteiger partial charge is 0.462 e. The number of ketones is 1. The lowest BCUT2D eigenvalue weighted by Crippen LogP contribution is -2.62. The van der Waals surface area contributed by atoms with Crippen LogP contribution in [0.3, 0.4) is 0 Å². The molecule has 0 unspecified atom stereocenters. The number of esters is 2. The van der Waals surface area contributed by atoms with E-state index in [1.807, 2.05) is 51.1 Å². The molecule has 0 saturated heterocycles. The van der Waals surface area contributed by atoms with Gasteiger partial charge in [0.1, 0.15) is 18.3 Å². The first-order valence-corrected chi connectivity index (χ1v) is 13.2. The molecule has 38 heavy (non-hydrogen) atoms. The van der Waals surface area contributed by atoms with Crippen LogP contribution in [0.25, 0.3) is 6.08 Å². The fraction of sp³-hybridized carbons (Fsp3) is 0.516. The van der Waals surface area contributed by atoms with Gasteiger partial charge in [-0.1, -0.05) is 57.7 Å². The highest BCUT2D eigenvalue weighted by molar-refractivity contribution is 5.97. The summed E-state index contributed by atoms with van der Waals surface area (Å²) in [4.78, 5) is 38.2. The predicted molar refractivity (Wildman–Crippen MR) is 142 cm³/mol. The van der Waals surface area contributed by atoms with Crippen LogP contribution in [0.2, 0.25) is 0 Å². The zero-order valence-electron chi connectivity index (χ0n) is 22.8. The minimum atomic E-state index is -1.27. The van der Waals surface area contributed by atoms with E-state index >= 15 is 0 Å². The Balaban J connectivity index is 1.73. The first kappa shape index (κ1) is 28.0. The molecule has 4 rings (SSSR count). The van der Waals surface area contributed by atoms with Crippen molar-refractivity contribution in [3.05, 3.63) is 65.3 Å². The normalized spacial score (nSPS) is 34.8. The Kier molecular flexibility index (Phi) is 7.56. The van der Waals surface area contributed by atoms with Gasteiger partial charge >= 0.3 is 11.9 Å². The zero-order chi connectivity index (χ0) is 28.0. The third kappa shape index (κ3) is 4.78. The first-order valence-electron chi connectivity index (χ1n) is 13.2. The summed E-state index contributed by atoms with van der Waals surface area (Å²) < 4.78 is 11.8. The van der Waals surface area contributed by atoms with Gasteiger partial charge in [-0.3, -0.25) is 9.59 Å². The van der Waals surface area contributed by atoms with Crippen molar-refractivity contribution in [3.63, 3.8) is 0 Å². The van der Waals surface area contributed by atoms with Crippen LogP contribution in [0, 0.1) is 22.7 Å². The molecule has 1 aromatic rings. The molecule has 204 valence electrons. The highest BCUT2D eigenvalue weighted by Crippen LogP contribution is 2.59. The molecular formula is C31H38O7. The van der Waals surface area contributed by atoms with E-state index in [2.05, 4.69) is 6.58 Å². The number of Topliss-reactive ketones (excluding diaryl/α,β-unsaturated/α-hetero) is 1. The van der Waals surface area contributed by atoms with Gasteiger partial charge in [-0.2, -0.15) is 0 Å². The van der Waals surface area contributed by atoms with Gasteiger partial charge in [0.25, 0.3) is 0 Å². The lowest BCUT2D eigenvalue weighted by atomic mass is 9.49. The predicted octanol–water partition coefficient (Wildman–Crippen LogP) is 4.18. The van der Waals surface area contributed by atoms with Gasteiger partial charge in [-0.25, -0.2) is 4.79 Å². The van der Waals surface area contributed by atoms with E-state index in [1.165, 1.54) is 13.0 Å². The van der Waals surface area contributed by atoms with Crippen LogP contribution in [0.4, 0.5) is 0 Å². The fourth-order valence-corrected chi connectivity index (χ4v) is 7.03. The Morgan fingerprint density at radius 2 is 1.76 bits per heavy atom. The van der Waals surface area contributed by atoms with E-state index in [9.17, 15) is 24.6 Å². The number of benzene rings is 1. The lowest BCUT2D eigenvalue weighted by molar-refractivity contribution is -0.183. The van der Waals surface area contributed by atoms with Crippen molar-refractivity contribution >= 4 is 23.8 Å². The van der Waals surface area contributed by atoms with Crippen LogP contribution < -0.4 is 0 Å². The molecule has 0 aliphatic heterocycles. The molecule has 2 bridgehead atoms. The fourth-order valence-electron chi connectivity index (χ4n) is 7.03. The van der Waals surface area contributed by atoms with Crippen molar-refractivity contribution < 1.29 is 34.1 Å². The van der Waals surface area contributed by atoms with E-state index in [1.54, 1.807) is 13.0 Å². The maximum absolute atomic E-state index is 13.1. The van der Waals surface area contributed by atoms with Gasteiger partial charge in [0.15, 0.2) is 5.78 Å². The van der Waals surface area contributed by atoms with Crippen LogP contribution in [0.5, 0.6) is 0 Å². The Labute approximate surface area is 224 Å². The number of rotatable bonds is 4. The Hall–Kier alpha value is -3.03. The maximum Gasteiger partial charge on any atom is 0.331 e. The number of hydrogen-bond acceptors (Lipinski definition) is 7. The number of hydrogen-bond donors (Lipinski definition) is 2. The van der Waals surface area contributed by atoms with E-state index in [-0.39, 0.29) is 12.2 Å². The number of ether oxygens (including phenoxy) is 2. The number of aliphatic hydroxyl groups excluding tert-OH is 2. The summed E-state index contributed by atoms with van der Waals surface area (Å²) in [5.41, 5.74) is 0.620. The molecule has 2 fully saturated rings. The van der Waals surface area contributed by atoms with E-state index < -0.39 is 59.0 Å². The van der Waals surface area contributed by atoms with E-state index in [0.29, 0.717) is 29.6 Å². The van der Waals surface area contributed by atoms with Gasteiger partial charge in [-0.05, 0) is 53.5 Å². The van der Waals surface area contributed by atoms with E-state index in [0.717, 1.165) is 5.56 Å². The molecule has 7 heteroatoms. The average Bonchev–Trinajstić information content (AvgIpc) is 2.85. The molecule has 3 aliphatic carbocycles. The molecule has 1 aromatic carbocycles. The number of fused-ring (bicyclic) bond motifs is 3. The number of allylic oxidation sites excluding steroid dienone is 1. The van der Waals surface area contributed by atoms with Crippen LogP contribution in [-0.4, -0.2) is 52.4 Å². The quantitative estimate of drug-likeness (QED) is 0.347. The molecule has 0 heterocycles. The Morgan fingerprint density at radius 1 is 1.11 bits per heavy atom. The van der Waals surface area contributed by atoms with Crippen molar-refractivity contribution in [2.45, 2.75) is 78.3 Å². The minimum absolute atomic E-state index is 0.132. The lowest BCUT2D eigenvalue weighted by Gasteiger charge is -2.58. The van der Waals surface area contributed by atoms with Crippen molar-refractivity contribution in [1.29, 1.82) is 0 Å². The molecule has 0 aromatic heterocycles. The highest BCUT2D eigenvalue weighted by atomic mass is 16.6. The van der Waals surface area contributed by atoms with Crippen LogP contribution in [-0.2, 0) is 23.9 Å². The molecule has 0 spiro atoms. The Bertz CT molecular complexity index is 1190. The smallest absolute Gasteiger partial charge is 0.331 e. The number of carbonyl (C=O) groups is 3. The third-order valence-electron chi connectivity index (χ3n) is 9.08. The summed E-state index contributed by atoms with van der Waals surface area (Å²) in [5, 5.41) is 23.1. The third-order valence-corrected chi connectivity index (χ3v) is 9.08. The van der Waals surface area contributed by atoms with Gasteiger partial charge in [-0.15, -0.1) is 0 Å². The van der Waals surface area contributed by atoms with Crippen molar-refractivity contribution in [2.75, 3.05) is 0 Å². The zero-order valence-corrected chi connectivity index (χ0v) is 22.8. The Morgan fingerprint density at radius 3 is 2.39 bits per heavy atom. The van der Waals surface area contributed by atoms with E-state index in [4.69, 9.17) is 9.47 Å². The second kappa shape index (κ2) is 10.3. The van der Waals surface area contributed by atoms with Crippen LogP contribution in [0.15, 0.2) is 59.7 Å². The molecule has 7 atom stereocenters. The molecule has 2 N–H and O–H groups in total. The van der Waals surface area contributed by atoms with Crippen molar-refractivity contribution in [1.82, 2.24) is 0 Å². The molecule has 0 amide bonds. The van der Waals surface area contributed by atoms with Gasteiger partial charge < -0.3 is 19.7 Å². The minimum Gasteiger partial charge on any atom is -0.462 e. The van der Waals surface area contributed by atoms with Crippen LogP contribution in [0.1, 0.15) is 59.4 Å². The summed E-state index contributed by atoms with van der Waals surface area (Å²) in [6.07, 6.45) is -0.0817. The summed E-state index contributed by atoms with van der Waals surface area (Å²) in [5.74, 6) is -2.31. The SMILES string of the molecule is C=C1[C@@H](OC(=O)C=Cc2ccccc2)CC[C@]2(C)[C@@H](O)[C@H](O)C3=C(C)C(=O)C[C@@H]([C@@H](OC(C)=O)[C@H]12)C3(C)C. The molecular weight excluding hydrogens is 484 g/mol. The number of carbonyl (C=O) groups excluding carboxylic acids is 3. The summed E-state index contributed by atoms with van der Waals surface area (Å²) in [6, 6.07) is 9.38. The summed E-state index contributed by atoms with van der Waals surface area (Å²) in [6.45, 7) is 13.0. The van der Waals surface area contributed by atoms with Gasteiger partial charge in [0.2, 0.25) is 0 Å². The first-order chi connectivity index (χ1) is 17.8. The average molecular weight is 523 g/mol. The monoisotopic (exact) mass is 522 g/mol. The number of aliphatic hydroxyl groups is 2. The second-order valence-electron chi connectivity index (χ2n) is 11.7. The maximum atomic E-state index is 13.1. The summed E-state index contributed by atoms with van der Waals surface area (Å²) in [7, 11) is 0. The standard InChI is InChI=1S/C31H38O7/c1-17-22(33)16-21-28(37-19(3)32)26-18(2)23(38-24(34)13-12-20-10-8-7-9-11-20)14-15-31(26,6)29(36)27(35)25(17)30(21,4)5/h7-13,21,23,26-29,35-36H,2,14-16H2,1,3-6H3/t21-,23-,26-,27+,28+,29-,31-/m0/s1. The van der Waals surface area contributed by atoms with Gasteiger partial charge in [0.05, 0.1) is 6.10 Å². The molecule has 2 saturated carbocycles. The van der Waals surface area contributed by atoms with Crippen LogP contribution >= 0.6 is 0 Å². The topological polar surface area (TPSA) is 110 Å². The highest BCUT2D eigenvalue weighted by Gasteiger charge is 2.62. The van der Waals surface area contributed by atoms with Crippen molar-refractivity contribution in [2.24, 2.45) is 22.7 Å². The molecule has 0 radical (unpaired) electrons. The van der Waals surface area contributed by atoms with Crippen molar-refractivity contribution in [3.8, 4) is 0 Å². The molecule has 7 nitrogen and oxygen atoms in total. The summed E-state index contributed by atoms with van der Waals surface area (Å²) >= 11 is 0.